The highest BCUT2D eigenvalue weighted by molar-refractivity contribution is 7.90. The number of rotatable bonds is 5. The first kappa shape index (κ1) is 21.8. The van der Waals surface area contributed by atoms with Crippen LogP contribution in [0.2, 0.25) is 0 Å². The summed E-state index contributed by atoms with van der Waals surface area (Å²) >= 11 is 1.34. The molecule has 5 rings (SSSR count). The zero-order chi connectivity index (χ0) is 23.0. The number of aryl methyl sites for hydroxylation is 2. The number of hydrogen-bond acceptors (Lipinski definition) is 5. The lowest BCUT2D eigenvalue weighted by Gasteiger charge is -2.22. The largest absolute Gasteiger partial charge is 0.279 e. The summed E-state index contributed by atoms with van der Waals surface area (Å²) in [5, 5.41) is 0.558. The summed E-state index contributed by atoms with van der Waals surface area (Å²) < 4.78 is 24.7. The van der Waals surface area contributed by atoms with Gasteiger partial charge in [0.25, 0.3) is 5.91 Å². The van der Waals surface area contributed by atoms with Crippen LogP contribution >= 0.6 is 11.3 Å². The third kappa shape index (κ3) is 4.56. The standard InChI is InChI=1S/C26H24N2O3S2/c1-33(30,31)22-13-14-23-24(16-22)32-26(27-23)28(17-18-7-3-2-4-8-18)25(29)21-12-11-19-9-5-6-10-20(19)15-21/h2-4,7-8,11-16H,5-6,9-10,17H2,1H3. The molecule has 0 saturated carbocycles. The van der Waals surface area contributed by atoms with E-state index in [0.717, 1.165) is 29.5 Å². The van der Waals surface area contributed by atoms with Crippen LogP contribution < -0.4 is 4.90 Å². The Morgan fingerprint density at radius 3 is 2.48 bits per heavy atom. The molecule has 5 nitrogen and oxygen atoms in total. The van der Waals surface area contributed by atoms with Crippen molar-refractivity contribution in [2.24, 2.45) is 0 Å². The fraction of sp³-hybridized carbons (Fsp3) is 0.231. The fourth-order valence-electron chi connectivity index (χ4n) is 4.25. The number of carbonyl (C=O) groups is 1. The monoisotopic (exact) mass is 476 g/mol. The molecule has 168 valence electrons. The van der Waals surface area contributed by atoms with E-state index >= 15 is 0 Å². The molecule has 7 heteroatoms. The number of sulfone groups is 1. The molecule has 0 saturated heterocycles. The second-order valence-corrected chi connectivity index (χ2v) is 11.5. The summed E-state index contributed by atoms with van der Waals surface area (Å²) in [6, 6.07) is 20.8. The molecule has 1 amide bonds. The van der Waals surface area contributed by atoms with Gasteiger partial charge in [0.1, 0.15) is 0 Å². The number of benzene rings is 3. The van der Waals surface area contributed by atoms with Crippen LogP contribution in [0.1, 0.15) is 39.9 Å². The van der Waals surface area contributed by atoms with E-state index in [1.54, 1.807) is 23.1 Å². The number of aromatic nitrogens is 1. The number of thiazole rings is 1. The first-order chi connectivity index (χ1) is 15.9. The Hall–Kier alpha value is -3.03. The molecule has 0 atom stereocenters. The van der Waals surface area contributed by atoms with Gasteiger partial charge in [-0.15, -0.1) is 0 Å². The topological polar surface area (TPSA) is 67.3 Å². The number of carbonyl (C=O) groups excluding carboxylic acids is 1. The summed E-state index contributed by atoms with van der Waals surface area (Å²) in [6.07, 6.45) is 5.61. The van der Waals surface area contributed by atoms with E-state index in [1.807, 2.05) is 42.5 Å². The van der Waals surface area contributed by atoms with Gasteiger partial charge in [-0.3, -0.25) is 9.69 Å². The molecule has 1 aliphatic rings. The molecular formula is C26H24N2O3S2. The van der Waals surface area contributed by atoms with Gasteiger partial charge < -0.3 is 0 Å². The van der Waals surface area contributed by atoms with Crippen molar-refractivity contribution in [3.63, 3.8) is 0 Å². The van der Waals surface area contributed by atoms with Crippen LogP contribution in [0.4, 0.5) is 5.13 Å². The van der Waals surface area contributed by atoms with Crippen molar-refractivity contribution in [2.45, 2.75) is 37.1 Å². The highest BCUT2D eigenvalue weighted by atomic mass is 32.2. The van der Waals surface area contributed by atoms with Crippen molar-refractivity contribution in [3.05, 3.63) is 89.0 Å². The van der Waals surface area contributed by atoms with Crippen LogP contribution in [0.15, 0.2) is 71.6 Å². The highest BCUT2D eigenvalue weighted by Gasteiger charge is 2.23. The Balaban J connectivity index is 1.56. The first-order valence-electron chi connectivity index (χ1n) is 11.0. The first-order valence-corrected chi connectivity index (χ1v) is 13.7. The minimum Gasteiger partial charge on any atom is -0.279 e. The Bertz CT molecular complexity index is 1440. The van der Waals surface area contributed by atoms with Crippen LogP contribution in [-0.4, -0.2) is 25.6 Å². The van der Waals surface area contributed by atoms with Crippen molar-refractivity contribution >= 4 is 42.4 Å². The van der Waals surface area contributed by atoms with E-state index in [4.69, 9.17) is 4.98 Å². The van der Waals surface area contributed by atoms with Gasteiger partial charge in [0.05, 0.1) is 21.7 Å². The lowest BCUT2D eigenvalue weighted by atomic mass is 9.90. The summed E-state index contributed by atoms with van der Waals surface area (Å²) in [6.45, 7) is 0.384. The van der Waals surface area contributed by atoms with Crippen molar-refractivity contribution in [1.29, 1.82) is 0 Å². The lowest BCUT2D eigenvalue weighted by molar-refractivity contribution is 0.0985. The van der Waals surface area contributed by atoms with Crippen molar-refractivity contribution < 1.29 is 13.2 Å². The molecule has 4 aromatic rings. The van der Waals surface area contributed by atoms with Crippen molar-refractivity contribution in [1.82, 2.24) is 4.98 Å². The molecule has 1 heterocycles. The maximum atomic E-state index is 13.7. The smallest absolute Gasteiger partial charge is 0.260 e. The van der Waals surface area contributed by atoms with Gasteiger partial charge in [-0.2, -0.15) is 0 Å². The van der Waals surface area contributed by atoms with Gasteiger partial charge in [0, 0.05) is 11.8 Å². The fourth-order valence-corrected chi connectivity index (χ4v) is 5.98. The molecule has 0 N–H and O–H groups in total. The zero-order valence-electron chi connectivity index (χ0n) is 18.3. The summed E-state index contributed by atoms with van der Waals surface area (Å²) in [4.78, 5) is 20.4. The number of hydrogen-bond donors (Lipinski definition) is 0. The third-order valence-corrected chi connectivity index (χ3v) is 8.18. The lowest BCUT2D eigenvalue weighted by Crippen LogP contribution is -2.30. The molecule has 3 aromatic carbocycles. The average molecular weight is 477 g/mol. The normalized spacial score (nSPS) is 13.6. The summed E-state index contributed by atoms with van der Waals surface area (Å²) in [5.41, 5.74) is 4.93. The van der Waals surface area contributed by atoms with Gasteiger partial charge >= 0.3 is 0 Å². The molecule has 0 bridgehead atoms. The quantitative estimate of drug-likeness (QED) is 0.385. The number of fused-ring (bicyclic) bond motifs is 2. The molecular weight excluding hydrogens is 452 g/mol. The Kier molecular flexibility index (Phi) is 5.76. The Morgan fingerprint density at radius 2 is 1.73 bits per heavy atom. The number of nitrogens with zero attached hydrogens (tertiary/aromatic N) is 2. The van der Waals surface area contributed by atoms with Crippen LogP contribution in [0.25, 0.3) is 10.2 Å². The van der Waals surface area contributed by atoms with Crippen LogP contribution in [0.3, 0.4) is 0 Å². The van der Waals surface area contributed by atoms with Gasteiger partial charge in [-0.25, -0.2) is 13.4 Å². The second-order valence-electron chi connectivity index (χ2n) is 8.47. The van der Waals surface area contributed by atoms with Crippen molar-refractivity contribution in [2.75, 3.05) is 11.2 Å². The minimum atomic E-state index is -3.32. The van der Waals surface area contributed by atoms with Gasteiger partial charge in [-0.1, -0.05) is 47.7 Å². The average Bonchev–Trinajstić information content (AvgIpc) is 3.25. The molecule has 0 spiro atoms. The predicted octanol–water partition coefficient (Wildman–Crippen LogP) is 5.43. The molecule has 0 unspecified atom stereocenters. The van der Waals surface area contributed by atoms with Crippen LogP contribution in [-0.2, 0) is 29.2 Å². The van der Waals surface area contributed by atoms with E-state index in [2.05, 4.69) is 6.07 Å². The van der Waals surface area contributed by atoms with Crippen LogP contribution in [0, 0.1) is 0 Å². The number of anilines is 1. The summed E-state index contributed by atoms with van der Waals surface area (Å²) in [5.74, 6) is -0.102. The van der Waals surface area contributed by atoms with E-state index in [9.17, 15) is 13.2 Å². The van der Waals surface area contributed by atoms with Gasteiger partial charge in [-0.05, 0) is 72.7 Å². The molecule has 0 aliphatic heterocycles. The Morgan fingerprint density at radius 1 is 0.970 bits per heavy atom. The second kappa shape index (κ2) is 8.72. The summed E-state index contributed by atoms with van der Waals surface area (Å²) in [7, 11) is -3.32. The third-order valence-electron chi connectivity index (χ3n) is 6.03. The van der Waals surface area contributed by atoms with E-state index in [-0.39, 0.29) is 10.8 Å². The van der Waals surface area contributed by atoms with Crippen LogP contribution in [0.5, 0.6) is 0 Å². The van der Waals surface area contributed by atoms with E-state index in [1.165, 1.54) is 35.1 Å². The molecule has 0 radical (unpaired) electrons. The van der Waals surface area contributed by atoms with Crippen molar-refractivity contribution in [3.8, 4) is 0 Å². The zero-order valence-corrected chi connectivity index (χ0v) is 20.0. The predicted molar refractivity (Wildman–Crippen MR) is 133 cm³/mol. The molecule has 1 aliphatic carbocycles. The number of amides is 1. The Labute approximate surface area is 197 Å². The van der Waals surface area contributed by atoms with E-state index < -0.39 is 9.84 Å². The van der Waals surface area contributed by atoms with Gasteiger partial charge in [0.15, 0.2) is 15.0 Å². The molecule has 1 aromatic heterocycles. The SMILES string of the molecule is CS(=O)(=O)c1ccc2nc(N(Cc3ccccc3)C(=O)c3ccc4c(c3)CCCC4)sc2c1. The molecule has 0 fully saturated rings. The maximum absolute atomic E-state index is 13.7. The highest BCUT2D eigenvalue weighted by Crippen LogP contribution is 2.33. The van der Waals surface area contributed by atoms with E-state index in [0.29, 0.717) is 22.8 Å². The maximum Gasteiger partial charge on any atom is 0.260 e. The van der Waals surface area contributed by atoms with Gasteiger partial charge in [0.2, 0.25) is 0 Å². The minimum absolute atomic E-state index is 0.102. The molecule has 33 heavy (non-hydrogen) atoms.